The minimum atomic E-state index is 0.653. The molecule has 0 radical (unpaired) electrons. The summed E-state index contributed by atoms with van der Waals surface area (Å²) in [6.07, 6.45) is 2.14. The van der Waals surface area contributed by atoms with Crippen molar-refractivity contribution in [3.63, 3.8) is 0 Å². The molecule has 5 heteroatoms. The van der Waals surface area contributed by atoms with Gasteiger partial charge in [-0.25, -0.2) is 4.98 Å². The van der Waals surface area contributed by atoms with Crippen molar-refractivity contribution in [2.45, 2.75) is 19.4 Å². The van der Waals surface area contributed by atoms with Crippen LogP contribution in [0.2, 0.25) is 0 Å². The van der Waals surface area contributed by atoms with Crippen LogP contribution in [0.15, 0.2) is 53.5 Å². The van der Waals surface area contributed by atoms with E-state index >= 15 is 0 Å². The third kappa shape index (κ3) is 5.91. The highest BCUT2D eigenvalue weighted by Gasteiger charge is 2.02. The monoisotopic (exact) mass is 325 g/mol. The van der Waals surface area contributed by atoms with Gasteiger partial charge in [0.1, 0.15) is 5.82 Å². The van der Waals surface area contributed by atoms with E-state index in [0.717, 1.165) is 36.9 Å². The number of nitrogens with zero attached hydrogens (tertiary/aromatic N) is 3. The molecule has 2 N–H and O–H groups in total. The Morgan fingerprint density at radius 1 is 1.04 bits per heavy atom. The molecule has 0 spiro atoms. The van der Waals surface area contributed by atoms with E-state index in [4.69, 9.17) is 0 Å². The first kappa shape index (κ1) is 17.8. The maximum absolute atomic E-state index is 4.60. The molecule has 0 aliphatic rings. The van der Waals surface area contributed by atoms with Gasteiger partial charge in [0.2, 0.25) is 0 Å². The predicted molar refractivity (Wildman–Crippen MR) is 102 cm³/mol. The molecule has 1 aromatic heterocycles. The fraction of sp³-hybridized carbons (Fsp3) is 0.368. The number of hydrogen-bond acceptors (Lipinski definition) is 3. The van der Waals surface area contributed by atoms with Crippen LogP contribution >= 0.6 is 0 Å². The SMILES string of the molecule is CN=C(NCCCc1ccccc1)NCc1cccc(N(C)C)n1. The van der Waals surface area contributed by atoms with E-state index in [1.165, 1.54) is 5.56 Å². The predicted octanol–water partition coefficient (Wildman–Crippen LogP) is 2.45. The molecule has 5 nitrogen and oxygen atoms in total. The largest absolute Gasteiger partial charge is 0.363 e. The van der Waals surface area contributed by atoms with E-state index < -0.39 is 0 Å². The van der Waals surface area contributed by atoms with Crippen LogP contribution in [0.25, 0.3) is 0 Å². The first-order valence-electron chi connectivity index (χ1n) is 8.30. The Morgan fingerprint density at radius 3 is 2.54 bits per heavy atom. The second kappa shape index (κ2) is 9.55. The van der Waals surface area contributed by atoms with Crippen LogP contribution in [0.5, 0.6) is 0 Å². The van der Waals surface area contributed by atoms with Crippen LogP contribution in [-0.4, -0.2) is 38.6 Å². The smallest absolute Gasteiger partial charge is 0.191 e. The molecular formula is C19H27N5. The average Bonchev–Trinajstić information content (AvgIpc) is 2.62. The number of rotatable bonds is 7. The van der Waals surface area contributed by atoms with Gasteiger partial charge in [0.25, 0.3) is 0 Å². The number of anilines is 1. The van der Waals surface area contributed by atoms with Crippen LogP contribution < -0.4 is 15.5 Å². The average molecular weight is 325 g/mol. The Hall–Kier alpha value is -2.56. The normalized spacial score (nSPS) is 11.2. The van der Waals surface area contributed by atoms with Gasteiger partial charge in [0.05, 0.1) is 12.2 Å². The summed E-state index contributed by atoms with van der Waals surface area (Å²) in [7, 11) is 5.77. The molecule has 2 aromatic rings. The summed E-state index contributed by atoms with van der Waals surface area (Å²) in [5, 5.41) is 6.66. The summed E-state index contributed by atoms with van der Waals surface area (Å²) in [6, 6.07) is 16.6. The number of aryl methyl sites for hydroxylation is 1. The van der Waals surface area contributed by atoms with E-state index in [1.807, 2.05) is 43.3 Å². The second-order valence-corrected chi connectivity index (χ2v) is 5.82. The number of guanidine groups is 1. The molecule has 0 fully saturated rings. The number of pyridine rings is 1. The van der Waals surface area contributed by atoms with Gasteiger partial charge in [-0.05, 0) is 30.5 Å². The third-order valence-electron chi connectivity index (χ3n) is 3.69. The molecule has 128 valence electrons. The molecule has 0 bridgehead atoms. The van der Waals surface area contributed by atoms with Crippen molar-refractivity contribution < 1.29 is 0 Å². The van der Waals surface area contributed by atoms with Gasteiger partial charge in [-0.15, -0.1) is 0 Å². The fourth-order valence-corrected chi connectivity index (χ4v) is 2.35. The first-order valence-corrected chi connectivity index (χ1v) is 8.30. The Labute approximate surface area is 144 Å². The third-order valence-corrected chi connectivity index (χ3v) is 3.69. The quantitative estimate of drug-likeness (QED) is 0.466. The minimum Gasteiger partial charge on any atom is -0.363 e. The van der Waals surface area contributed by atoms with Gasteiger partial charge < -0.3 is 15.5 Å². The number of nitrogens with one attached hydrogen (secondary N) is 2. The van der Waals surface area contributed by atoms with Crippen molar-refractivity contribution >= 4 is 11.8 Å². The molecule has 0 aliphatic carbocycles. The topological polar surface area (TPSA) is 52.6 Å². The lowest BCUT2D eigenvalue weighted by Gasteiger charge is -2.14. The summed E-state index contributed by atoms with van der Waals surface area (Å²) in [4.78, 5) is 10.9. The summed E-state index contributed by atoms with van der Waals surface area (Å²) in [5.74, 6) is 1.76. The van der Waals surface area contributed by atoms with E-state index in [0.29, 0.717) is 6.54 Å². The molecule has 1 aromatic carbocycles. The Bertz CT molecular complexity index is 637. The lowest BCUT2D eigenvalue weighted by Crippen LogP contribution is -2.37. The number of benzene rings is 1. The number of aromatic nitrogens is 1. The van der Waals surface area contributed by atoms with E-state index in [9.17, 15) is 0 Å². The van der Waals surface area contributed by atoms with Gasteiger partial charge in [0, 0.05) is 27.7 Å². The molecule has 0 unspecified atom stereocenters. The van der Waals surface area contributed by atoms with Crippen molar-refractivity contribution in [1.29, 1.82) is 0 Å². The highest BCUT2D eigenvalue weighted by atomic mass is 15.2. The van der Waals surface area contributed by atoms with Gasteiger partial charge in [-0.1, -0.05) is 36.4 Å². The van der Waals surface area contributed by atoms with Gasteiger partial charge in [0.15, 0.2) is 5.96 Å². The van der Waals surface area contributed by atoms with Crippen molar-refractivity contribution in [1.82, 2.24) is 15.6 Å². The Kier molecular flexibility index (Phi) is 7.08. The Balaban J connectivity index is 1.73. The Morgan fingerprint density at radius 2 is 1.83 bits per heavy atom. The zero-order valence-corrected chi connectivity index (χ0v) is 14.8. The van der Waals surface area contributed by atoms with E-state index in [2.05, 4.69) is 44.9 Å². The highest BCUT2D eigenvalue weighted by molar-refractivity contribution is 5.79. The molecule has 1 heterocycles. The van der Waals surface area contributed by atoms with Crippen LogP contribution in [-0.2, 0) is 13.0 Å². The first-order chi connectivity index (χ1) is 11.7. The summed E-state index contributed by atoms with van der Waals surface area (Å²) in [5.41, 5.74) is 2.36. The van der Waals surface area contributed by atoms with Crippen molar-refractivity contribution in [2.75, 3.05) is 32.6 Å². The second-order valence-electron chi connectivity index (χ2n) is 5.82. The fourth-order valence-electron chi connectivity index (χ4n) is 2.35. The van der Waals surface area contributed by atoms with Gasteiger partial charge in [-0.3, -0.25) is 4.99 Å². The molecule has 24 heavy (non-hydrogen) atoms. The zero-order valence-electron chi connectivity index (χ0n) is 14.8. The zero-order chi connectivity index (χ0) is 17.2. The maximum Gasteiger partial charge on any atom is 0.191 e. The van der Waals surface area contributed by atoms with Crippen molar-refractivity contribution in [3.05, 3.63) is 59.8 Å². The van der Waals surface area contributed by atoms with Crippen LogP contribution in [0.4, 0.5) is 5.82 Å². The van der Waals surface area contributed by atoms with Crippen LogP contribution in [0.1, 0.15) is 17.7 Å². The molecule has 0 saturated carbocycles. The lowest BCUT2D eigenvalue weighted by molar-refractivity contribution is 0.737. The molecule has 0 saturated heterocycles. The lowest BCUT2D eigenvalue weighted by atomic mass is 10.1. The maximum atomic E-state index is 4.60. The summed E-state index contributed by atoms with van der Waals surface area (Å²) >= 11 is 0. The number of hydrogen-bond donors (Lipinski definition) is 2. The standard InChI is InChI=1S/C19H27N5/c1-20-19(21-14-8-11-16-9-5-4-6-10-16)22-15-17-12-7-13-18(23-17)24(2)3/h4-7,9-10,12-13H,8,11,14-15H2,1-3H3,(H2,20,21,22). The molecular weight excluding hydrogens is 298 g/mol. The van der Waals surface area contributed by atoms with Crippen LogP contribution in [0.3, 0.4) is 0 Å². The van der Waals surface area contributed by atoms with Gasteiger partial charge in [-0.2, -0.15) is 0 Å². The van der Waals surface area contributed by atoms with E-state index in [-0.39, 0.29) is 0 Å². The van der Waals surface area contributed by atoms with Crippen LogP contribution in [0, 0.1) is 0 Å². The number of aliphatic imine (C=N–C) groups is 1. The molecule has 0 aliphatic heterocycles. The molecule has 0 amide bonds. The van der Waals surface area contributed by atoms with Crippen molar-refractivity contribution in [2.24, 2.45) is 4.99 Å². The molecule has 2 rings (SSSR count). The van der Waals surface area contributed by atoms with Crippen molar-refractivity contribution in [3.8, 4) is 0 Å². The minimum absolute atomic E-state index is 0.653. The summed E-state index contributed by atoms with van der Waals surface area (Å²) in [6.45, 7) is 1.54. The highest BCUT2D eigenvalue weighted by Crippen LogP contribution is 2.07. The van der Waals surface area contributed by atoms with Gasteiger partial charge >= 0.3 is 0 Å². The molecule has 0 atom stereocenters. The summed E-state index contributed by atoms with van der Waals surface area (Å²) < 4.78 is 0. The van der Waals surface area contributed by atoms with E-state index in [1.54, 1.807) is 7.05 Å².